The highest BCUT2D eigenvalue weighted by Crippen LogP contribution is 2.17. The minimum Gasteiger partial charge on any atom is -0.462 e. The van der Waals surface area contributed by atoms with Gasteiger partial charge in [0.2, 0.25) is 0 Å². The summed E-state index contributed by atoms with van der Waals surface area (Å²) in [5.41, 5.74) is 0. The van der Waals surface area contributed by atoms with E-state index in [9.17, 15) is 14.7 Å². The van der Waals surface area contributed by atoms with Gasteiger partial charge in [0, 0.05) is 12.8 Å². The van der Waals surface area contributed by atoms with Gasteiger partial charge in [-0.25, -0.2) is 0 Å². The largest absolute Gasteiger partial charge is 0.462 e. The molecule has 1 N–H and O–H groups in total. The van der Waals surface area contributed by atoms with Crippen molar-refractivity contribution in [2.24, 2.45) is 0 Å². The number of unbranched alkanes of at least 4 members (excludes halogenated alkanes) is 29. The number of esters is 2. The van der Waals surface area contributed by atoms with Crippen LogP contribution in [0, 0.1) is 0 Å². The number of hydrogen-bond donors (Lipinski definition) is 1. The SMILES string of the molecule is CC/C=C\C/C=C\C/C=C\C/C=C\C/C=C\C/C=C\CCCCCCCCCCCCCCCCCCCCCCCCC(=O)OC(CO)COC(=O)CCCCCCCCC/C=C\C/C=C\C/C=C\C/C=C\C/C=C\CC. The van der Waals surface area contributed by atoms with Gasteiger partial charge in [0.05, 0.1) is 6.61 Å². The minimum atomic E-state index is -0.784. The molecule has 0 aromatic rings. The zero-order valence-corrected chi connectivity index (χ0v) is 50.9. The molecule has 0 aromatic carbocycles. The Morgan fingerprint density at radius 3 is 0.769 bits per heavy atom. The lowest BCUT2D eigenvalue weighted by atomic mass is 10.0. The molecule has 5 nitrogen and oxygen atoms in total. The molecule has 0 saturated heterocycles. The lowest BCUT2D eigenvalue weighted by molar-refractivity contribution is -0.161. The van der Waals surface area contributed by atoms with E-state index in [0.717, 1.165) is 116 Å². The first kappa shape index (κ1) is 74.0. The van der Waals surface area contributed by atoms with Crippen LogP contribution in [0.4, 0.5) is 0 Å². The molecule has 1 atom stereocenters. The Kier molecular flexibility index (Phi) is 63.9. The number of ether oxygens (including phenoxy) is 2. The second-order valence-electron chi connectivity index (χ2n) is 21.4. The summed E-state index contributed by atoms with van der Waals surface area (Å²) in [4.78, 5) is 24.6. The van der Waals surface area contributed by atoms with Gasteiger partial charge in [0.15, 0.2) is 6.10 Å². The molecule has 5 heteroatoms. The lowest BCUT2D eigenvalue weighted by Crippen LogP contribution is -2.28. The molecule has 0 aliphatic carbocycles. The predicted molar refractivity (Wildman–Crippen MR) is 343 cm³/mol. The smallest absolute Gasteiger partial charge is 0.306 e. The van der Waals surface area contributed by atoms with Crippen molar-refractivity contribution < 1.29 is 24.2 Å². The van der Waals surface area contributed by atoms with E-state index in [2.05, 4.69) is 148 Å². The Hall–Kier alpha value is -3.96. The second kappa shape index (κ2) is 67.3. The summed E-state index contributed by atoms with van der Waals surface area (Å²) in [7, 11) is 0. The van der Waals surface area contributed by atoms with E-state index >= 15 is 0 Å². The van der Waals surface area contributed by atoms with E-state index in [1.807, 2.05) is 0 Å². The molecule has 0 rings (SSSR count). The highest BCUT2D eigenvalue weighted by Gasteiger charge is 2.16. The van der Waals surface area contributed by atoms with E-state index < -0.39 is 6.10 Å². The fourth-order valence-corrected chi connectivity index (χ4v) is 9.12. The standard InChI is InChI=1S/C73H122O5/c1-3-5-7-9-11-13-15-17-19-21-23-25-27-28-29-30-31-32-33-34-35-36-37-38-39-40-41-42-43-44-46-48-50-52-54-56-58-60-62-64-66-68-73(76)78-71(69-74)70-77-72(75)67-65-63-61-59-57-55-53-51-49-47-45-26-24-22-20-18-16-14-12-10-8-6-4-2/h5-8,11-14,17-20,23-26,28-29,31-32,47,49,71,74H,3-4,9-10,15-16,21-22,27,30,33-46,48,50-70H2,1-2H3/b7-5-,8-6-,13-11-,14-12-,19-17-,20-18-,25-23-,26-24-,29-28-,32-31-,49-47-. The highest BCUT2D eigenvalue weighted by molar-refractivity contribution is 5.70. The number of aliphatic hydroxyl groups excluding tert-OH is 1. The Morgan fingerprint density at radius 1 is 0.295 bits per heavy atom. The summed E-state index contributed by atoms with van der Waals surface area (Å²) < 4.78 is 10.7. The van der Waals surface area contributed by atoms with Gasteiger partial charge >= 0.3 is 11.9 Å². The molecule has 0 aliphatic rings. The summed E-state index contributed by atoms with van der Waals surface area (Å²) in [5.74, 6) is -0.599. The van der Waals surface area contributed by atoms with Gasteiger partial charge in [0.1, 0.15) is 6.61 Å². The van der Waals surface area contributed by atoms with Crippen LogP contribution in [0.25, 0.3) is 0 Å². The van der Waals surface area contributed by atoms with E-state index in [1.54, 1.807) is 0 Å². The van der Waals surface area contributed by atoms with Gasteiger partial charge < -0.3 is 14.6 Å². The van der Waals surface area contributed by atoms with Crippen LogP contribution in [0.15, 0.2) is 134 Å². The fraction of sp³-hybridized carbons (Fsp3) is 0.671. The Labute approximate surface area is 483 Å². The van der Waals surface area contributed by atoms with Crippen molar-refractivity contribution in [3.63, 3.8) is 0 Å². The van der Waals surface area contributed by atoms with Gasteiger partial charge in [-0.05, 0) is 109 Å². The average molecular weight is 1080 g/mol. The molecule has 0 amide bonds. The molecule has 0 heterocycles. The fourth-order valence-electron chi connectivity index (χ4n) is 9.12. The Bertz CT molecular complexity index is 1600. The third-order valence-corrected chi connectivity index (χ3v) is 13.9. The molecule has 444 valence electrons. The molecule has 0 saturated carbocycles. The van der Waals surface area contributed by atoms with Gasteiger partial charge in [-0.15, -0.1) is 0 Å². The summed E-state index contributed by atoms with van der Waals surface area (Å²) in [6.45, 7) is 3.92. The molecule has 0 radical (unpaired) electrons. The van der Waals surface area contributed by atoms with Crippen LogP contribution < -0.4 is 0 Å². The first-order chi connectivity index (χ1) is 38.6. The minimum absolute atomic E-state index is 0.0754. The normalized spacial score (nSPS) is 13.1. The predicted octanol–water partition coefficient (Wildman–Crippen LogP) is 22.8. The summed E-state index contributed by atoms with van der Waals surface area (Å²) in [5, 5.41) is 9.68. The summed E-state index contributed by atoms with van der Waals surface area (Å²) in [6, 6.07) is 0. The topological polar surface area (TPSA) is 72.8 Å². The van der Waals surface area contributed by atoms with Crippen LogP contribution in [0.2, 0.25) is 0 Å². The number of carbonyl (C=O) groups is 2. The van der Waals surface area contributed by atoms with Crippen LogP contribution in [0.3, 0.4) is 0 Å². The average Bonchev–Trinajstić information content (AvgIpc) is 3.44. The van der Waals surface area contributed by atoms with Crippen molar-refractivity contribution in [3.05, 3.63) is 134 Å². The van der Waals surface area contributed by atoms with Crippen LogP contribution in [-0.4, -0.2) is 36.4 Å². The maximum absolute atomic E-state index is 12.3. The zero-order valence-electron chi connectivity index (χ0n) is 50.9. The maximum atomic E-state index is 12.3. The third kappa shape index (κ3) is 64.6. The summed E-state index contributed by atoms with van der Waals surface area (Å²) in [6.07, 6.45) is 100. The third-order valence-electron chi connectivity index (χ3n) is 13.9. The molecular formula is C73H122O5. The van der Waals surface area contributed by atoms with Crippen LogP contribution in [0.5, 0.6) is 0 Å². The number of hydrogen-bond acceptors (Lipinski definition) is 5. The zero-order chi connectivity index (χ0) is 56.2. The van der Waals surface area contributed by atoms with Crippen molar-refractivity contribution in [2.75, 3.05) is 13.2 Å². The first-order valence-corrected chi connectivity index (χ1v) is 32.7. The van der Waals surface area contributed by atoms with E-state index in [4.69, 9.17) is 9.47 Å². The number of allylic oxidation sites excluding steroid dienone is 22. The molecule has 0 spiro atoms. The molecule has 0 fully saturated rings. The Balaban J connectivity index is 3.47. The van der Waals surface area contributed by atoms with Crippen molar-refractivity contribution in [1.82, 2.24) is 0 Å². The van der Waals surface area contributed by atoms with Gasteiger partial charge in [-0.1, -0.05) is 308 Å². The van der Waals surface area contributed by atoms with E-state index in [-0.39, 0.29) is 25.2 Å². The Morgan fingerprint density at radius 2 is 0.513 bits per heavy atom. The second-order valence-corrected chi connectivity index (χ2v) is 21.4. The summed E-state index contributed by atoms with van der Waals surface area (Å²) >= 11 is 0. The van der Waals surface area contributed by atoms with Crippen molar-refractivity contribution in [2.45, 2.75) is 302 Å². The molecule has 0 aromatic heterocycles. The first-order valence-electron chi connectivity index (χ1n) is 32.7. The van der Waals surface area contributed by atoms with Crippen LogP contribution >= 0.6 is 0 Å². The van der Waals surface area contributed by atoms with Crippen LogP contribution in [0.1, 0.15) is 296 Å². The van der Waals surface area contributed by atoms with E-state index in [1.165, 1.54) is 154 Å². The quantitative estimate of drug-likeness (QED) is 0.0373. The van der Waals surface area contributed by atoms with E-state index in [0.29, 0.717) is 12.8 Å². The maximum Gasteiger partial charge on any atom is 0.306 e. The van der Waals surface area contributed by atoms with Gasteiger partial charge in [0.25, 0.3) is 0 Å². The molecule has 0 bridgehead atoms. The monoisotopic (exact) mass is 1080 g/mol. The van der Waals surface area contributed by atoms with Gasteiger partial charge in [-0.3, -0.25) is 9.59 Å². The number of aliphatic hydroxyl groups is 1. The van der Waals surface area contributed by atoms with Crippen molar-refractivity contribution in [1.29, 1.82) is 0 Å². The van der Waals surface area contributed by atoms with Crippen LogP contribution in [-0.2, 0) is 19.1 Å². The molecular weight excluding hydrogens is 957 g/mol. The highest BCUT2D eigenvalue weighted by atomic mass is 16.6. The number of rotatable bonds is 59. The van der Waals surface area contributed by atoms with Gasteiger partial charge in [-0.2, -0.15) is 0 Å². The molecule has 78 heavy (non-hydrogen) atoms. The van der Waals surface area contributed by atoms with Crippen molar-refractivity contribution >= 4 is 11.9 Å². The molecule has 1 unspecified atom stereocenters. The van der Waals surface area contributed by atoms with Crippen molar-refractivity contribution in [3.8, 4) is 0 Å². The molecule has 0 aliphatic heterocycles. The lowest BCUT2D eigenvalue weighted by Gasteiger charge is -2.15. The number of carbonyl (C=O) groups excluding carboxylic acids is 2.